The van der Waals surface area contributed by atoms with Crippen LogP contribution in [-0.2, 0) is 14.8 Å². The third kappa shape index (κ3) is 2.62. The quantitative estimate of drug-likeness (QED) is 0.757. The van der Waals surface area contributed by atoms with Gasteiger partial charge in [-0.3, -0.25) is 0 Å². The van der Waals surface area contributed by atoms with Gasteiger partial charge in [0.15, 0.2) is 0 Å². The highest BCUT2D eigenvalue weighted by Gasteiger charge is 2.21. The van der Waals surface area contributed by atoms with Crippen molar-refractivity contribution in [2.24, 2.45) is 0 Å². The van der Waals surface area contributed by atoms with Gasteiger partial charge in [0.05, 0.1) is 17.6 Å². The van der Waals surface area contributed by atoms with Crippen molar-refractivity contribution in [3.05, 3.63) is 29.6 Å². The molecule has 0 heterocycles. The van der Waals surface area contributed by atoms with E-state index >= 15 is 0 Å². The average molecular weight is 261 g/mol. The second-order valence-electron chi connectivity index (χ2n) is 3.42. The molecular formula is C10H12FNO4S. The SMILES string of the molecule is COC(=O)c1cc(S(=O)(=O)N(C)C)ccc1F. The molecular weight excluding hydrogens is 249 g/mol. The number of nitrogens with zero attached hydrogens (tertiary/aromatic N) is 1. The highest BCUT2D eigenvalue weighted by Crippen LogP contribution is 2.18. The van der Waals surface area contributed by atoms with Crippen molar-refractivity contribution in [1.29, 1.82) is 0 Å². The molecule has 5 nitrogen and oxygen atoms in total. The van der Waals surface area contributed by atoms with Gasteiger partial charge in [-0.05, 0) is 18.2 Å². The second-order valence-corrected chi connectivity index (χ2v) is 5.57. The summed E-state index contributed by atoms with van der Waals surface area (Å²) in [6.45, 7) is 0. The maximum atomic E-state index is 13.3. The van der Waals surface area contributed by atoms with E-state index in [2.05, 4.69) is 4.74 Å². The lowest BCUT2D eigenvalue weighted by Gasteiger charge is -2.12. The summed E-state index contributed by atoms with van der Waals surface area (Å²) in [6.07, 6.45) is 0. The Balaban J connectivity index is 3.37. The summed E-state index contributed by atoms with van der Waals surface area (Å²) in [5.74, 6) is -1.74. The van der Waals surface area contributed by atoms with Gasteiger partial charge in [0.2, 0.25) is 10.0 Å². The van der Waals surface area contributed by atoms with E-state index in [0.717, 1.165) is 29.6 Å². The zero-order valence-electron chi connectivity index (χ0n) is 9.60. The van der Waals surface area contributed by atoms with Crippen LogP contribution in [0.25, 0.3) is 0 Å². The van der Waals surface area contributed by atoms with Crippen LogP contribution >= 0.6 is 0 Å². The van der Waals surface area contributed by atoms with Gasteiger partial charge in [0.1, 0.15) is 5.82 Å². The van der Waals surface area contributed by atoms with Crippen molar-refractivity contribution in [3.8, 4) is 0 Å². The van der Waals surface area contributed by atoms with E-state index in [1.54, 1.807) is 0 Å². The molecule has 0 aliphatic rings. The Labute approximate surface area is 98.9 Å². The number of methoxy groups -OCH3 is 1. The zero-order valence-corrected chi connectivity index (χ0v) is 10.4. The van der Waals surface area contributed by atoms with Gasteiger partial charge in [0, 0.05) is 14.1 Å². The molecule has 94 valence electrons. The molecule has 0 fully saturated rings. The van der Waals surface area contributed by atoms with Gasteiger partial charge in [-0.15, -0.1) is 0 Å². The Morgan fingerprint density at radius 1 is 1.35 bits per heavy atom. The molecule has 0 unspecified atom stereocenters. The Bertz CT molecular complexity index is 539. The normalized spacial score (nSPS) is 11.6. The van der Waals surface area contributed by atoms with Crippen LogP contribution in [0.15, 0.2) is 23.1 Å². The van der Waals surface area contributed by atoms with E-state index in [1.165, 1.54) is 14.1 Å². The van der Waals surface area contributed by atoms with E-state index in [1.807, 2.05) is 0 Å². The molecule has 0 amide bonds. The van der Waals surface area contributed by atoms with Crippen LogP contribution in [0.2, 0.25) is 0 Å². The molecule has 0 spiro atoms. The number of sulfonamides is 1. The lowest BCUT2D eigenvalue weighted by Crippen LogP contribution is -2.22. The van der Waals surface area contributed by atoms with Crippen molar-refractivity contribution >= 4 is 16.0 Å². The number of halogens is 1. The van der Waals surface area contributed by atoms with E-state index in [-0.39, 0.29) is 4.90 Å². The van der Waals surface area contributed by atoms with Crippen LogP contribution in [-0.4, -0.2) is 39.9 Å². The molecule has 0 aromatic heterocycles. The topological polar surface area (TPSA) is 63.7 Å². The molecule has 0 aliphatic carbocycles. The van der Waals surface area contributed by atoms with E-state index < -0.39 is 27.4 Å². The highest BCUT2D eigenvalue weighted by atomic mass is 32.2. The van der Waals surface area contributed by atoms with Gasteiger partial charge < -0.3 is 4.74 Å². The summed E-state index contributed by atoms with van der Waals surface area (Å²) < 4.78 is 42.1. The molecule has 0 saturated carbocycles. The summed E-state index contributed by atoms with van der Waals surface area (Å²) in [5.41, 5.74) is -0.407. The highest BCUT2D eigenvalue weighted by molar-refractivity contribution is 7.89. The van der Waals surface area contributed by atoms with Gasteiger partial charge >= 0.3 is 5.97 Å². The molecule has 17 heavy (non-hydrogen) atoms. The number of ether oxygens (including phenoxy) is 1. The monoisotopic (exact) mass is 261 g/mol. The van der Waals surface area contributed by atoms with E-state index in [9.17, 15) is 17.6 Å². The fraction of sp³-hybridized carbons (Fsp3) is 0.300. The van der Waals surface area contributed by atoms with Crippen LogP contribution in [0.4, 0.5) is 4.39 Å². The van der Waals surface area contributed by atoms with Crippen molar-refractivity contribution in [3.63, 3.8) is 0 Å². The molecule has 1 rings (SSSR count). The predicted molar refractivity (Wildman–Crippen MR) is 58.6 cm³/mol. The predicted octanol–water partition coefficient (Wildman–Crippen LogP) is 0.863. The van der Waals surface area contributed by atoms with Crippen LogP contribution < -0.4 is 0 Å². The second kappa shape index (κ2) is 4.80. The average Bonchev–Trinajstić information content (AvgIpc) is 2.28. The van der Waals surface area contributed by atoms with E-state index in [4.69, 9.17) is 0 Å². The first kappa shape index (κ1) is 13.6. The first-order valence-electron chi connectivity index (χ1n) is 4.61. The number of hydrogen-bond donors (Lipinski definition) is 0. The fourth-order valence-electron chi connectivity index (χ4n) is 1.14. The third-order valence-electron chi connectivity index (χ3n) is 2.12. The van der Waals surface area contributed by atoms with Gasteiger partial charge in [0.25, 0.3) is 0 Å². The maximum absolute atomic E-state index is 13.3. The van der Waals surface area contributed by atoms with Crippen molar-refractivity contribution < 1.29 is 22.3 Å². The van der Waals surface area contributed by atoms with Gasteiger partial charge in [-0.1, -0.05) is 0 Å². The number of benzene rings is 1. The summed E-state index contributed by atoms with van der Waals surface area (Å²) in [7, 11) is 0.0807. The minimum absolute atomic E-state index is 0.163. The smallest absolute Gasteiger partial charge is 0.340 e. The summed E-state index contributed by atoms with van der Waals surface area (Å²) in [6, 6.07) is 2.97. The van der Waals surface area contributed by atoms with Crippen molar-refractivity contribution in [2.75, 3.05) is 21.2 Å². The molecule has 7 heteroatoms. The molecule has 1 aromatic carbocycles. The third-order valence-corrected chi connectivity index (χ3v) is 3.93. The molecule has 0 N–H and O–H groups in total. The lowest BCUT2D eigenvalue weighted by atomic mass is 10.2. The molecule has 0 saturated heterocycles. The van der Waals surface area contributed by atoms with Crippen molar-refractivity contribution in [1.82, 2.24) is 4.31 Å². The Morgan fingerprint density at radius 2 is 1.94 bits per heavy atom. The molecule has 0 aliphatic heterocycles. The minimum Gasteiger partial charge on any atom is -0.465 e. The van der Waals surface area contributed by atoms with E-state index in [0.29, 0.717) is 0 Å². The number of rotatable bonds is 3. The maximum Gasteiger partial charge on any atom is 0.340 e. The van der Waals surface area contributed by atoms with Gasteiger partial charge in [-0.25, -0.2) is 21.9 Å². The molecule has 0 bridgehead atoms. The number of carbonyl (C=O) groups is 1. The summed E-state index contributed by atoms with van der Waals surface area (Å²) >= 11 is 0. The molecule has 0 atom stereocenters. The number of esters is 1. The Morgan fingerprint density at radius 3 is 2.41 bits per heavy atom. The Hall–Kier alpha value is -1.47. The largest absolute Gasteiger partial charge is 0.465 e. The standard InChI is InChI=1S/C10H12FNO4S/c1-12(2)17(14,15)7-4-5-9(11)8(6-7)10(13)16-3/h4-6H,1-3H3. The van der Waals surface area contributed by atoms with Crippen LogP contribution in [0.3, 0.4) is 0 Å². The number of carbonyl (C=O) groups excluding carboxylic acids is 1. The molecule has 1 aromatic rings. The fourth-order valence-corrected chi connectivity index (χ4v) is 2.07. The Kier molecular flexibility index (Phi) is 3.84. The lowest BCUT2D eigenvalue weighted by molar-refractivity contribution is 0.0595. The van der Waals surface area contributed by atoms with Gasteiger partial charge in [-0.2, -0.15) is 0 Å². The number of hydrogen-bond acceptors (Lipinski definition) is 4. The van der Waals surface area contributed by atoms with Crippen LogP contribution in [0.5, 0.6) is 0 Å². The van der Waals surface area contributed by atoms with Crippen LogP contribution in [0, 0.1) is 5.82 Å². The first-order chi connectivity index (χ1) is 7.80. The van der Waals surface area contributed by atoms with Crippen molar-refractivity contribution in [2.45, 2.75) is 4.90 Å². The summed E-state index contributed by atoms with van der Waals surface area (Å²) in [4.78, 5) is 11.0. The zero-order chi connectivity index (χ0) is 13.2. The molecule has 0 radical (unpaired) electrons. The summed E-state index contributed by atoms with van der Waals surface area (Å²) in [5, 5.41) is 0. The first-order valence-corrected chi connectivity index (χ1v) is 6.05. The van der Waals surface area contributed by atoms with Crippen LogP contribution in [0.1, 0.15) is 10.4 Å². The minimum atomic E-state index is -3.70.